The fourth-order valence-electron chi connectivity index (χ4n) is 1.99. The number of carbonyl (C=O) groups excluding carboxylic acids is 1. The van der Waals surface area contributed by atoms with Crippen molar-refractivity contribution >= 4 is 5.97 Å². The van der Waals surface area contributed by atoms with Gasteiger partial charge in [-0.05, 0) is 34.3 Å². The minimum absolute atomic E-state index is 0. The van der Waals surface area contributed by atoms with Crippen molar-refractivity contribution in [1.29, 1.82) is 0 Å². The standard InChI is InChI=1S/C18H16N2O3.H3N.2Na/c1-12(2)13-3-5-14(6-4-13)15-7-9-16(10-8-15)23-11-17(20-19)18(21)22;;;/h3-10,12H,1-2H3,(H,21,22);1H3;;/q-2;;2*+1/p-1. The van der Waals surface area contributed by atoms with Gasteiger partial charge in [-0.3, -0.25) is 0 Å². The van der Waals surface area contributed by atoms with Gasteiger partial charge >= 0.3 is 59.1 Å². The van der Waals surface area contributed by atoms with Gasteiger partial charge in [0.15, 0.2) is 0 Å². The Morgan fingerprint density at radius 2 is 1.50 bits per heavy atom. The van der Waals surface area contributed by atoms with Gasteiger partial charge < -0.3 is 31.4 Å². The first-order chi connectivity index (χ1) is 11.0. The van der Waals surface area contributed by atoms with E-state index in [2.05, 4.69) is 43.2 Å². The summed E-state index contributed by atoms with van der Waals surface area (Å²) in [5, 5.41) is 13.0. The Labute approximate surface area is 197 Å². The molecule has 0 aliphatic heterocycles. The van der Waals surface area contributed by atoms with Crippen LogP contribution >= 0.6 is 0 Å². The zero-order valence-corrected chi connectivity index (χ0v) is 19.5. The van der Waals surface area contributed by atoms with Crippen molar-refractivity contribution in [2.45, 2.75) is 19.8 Å². The second-order valence-corrected chi connectivity index (χ2v) is 5.24. The molecule has 0 saturated heterocycles. The third-order valence-corrected chi connectivity index (χ3v) is 3.32. The molecule has 8 heteroatoms. The van der Waals surface area contributed by atoms with Gasteiger partial charge in [0.05, 0.1) is 0 Å². The van der Waals surface area contributed by atoms with Crippen LogP contribution in [0.4, 0.5) is 0 Å². The minimum atomic E-state index is -1.67. The zero-order chi connectivity index (χ0) is 16.8. The molecule has 126 valence electrons. The number of carboxylic acid groups (broad SMARTS) is 1. The summed E-state index contributed by atoms with van der Waals surface area (Å²) in [6, 6.07) is 15.3. The van der Waals surface area contributed by atoms with Gasteiger partial charge in [-0.1, -0.05) is 62.4 Å². The van der Waals surface area contributed by atoms with E-state index < -0.39 is 11.7 Å². The van der Waals surface area contributed by atoms with E-state index in [0.29, 0.717) is 11.7 Å². The number of aliphatic carboxylic acids is 1. The van der Waals surface area contributed by atoms with Crippen molar-refractivity contribution in [3.8, 4) is 16.9 Å². The molecule has 0 heterocycles. The quantitative estimate of drug-likeness (QED) is 0.198. The molecule has 3 N–H and O–H groups in total. The number of rotatable bonds is 6. The summed E-state index contributed by atoms with van der Waals surface area (Å²) in [4.78, 5) is 10.5. The van der Waals surface area contributed by atoms with Crippen LogP contribution in [-0.4, -0.2) is 5.97 Å². The van der Waals surface area contributed by atoms with Crippen molar-refractivity contribution in [2.75, 3.05) is 0 Å². The fraction of sp³-hybridized carbons (Fsp3) is 0.167. The van der Waals surface area contributed by atoms with Crippen molar-refractivity contribution in [1.82, 2.24) is 6.15 Å². The molecule has 26 heavy (non-hydrogen) atoms. The first-order valence-corrected chi connectivity index (χ1v) is 7.08. The summed E-state index contributed by atoms with van der Waals surface area (Å²) >= 11 is 0. The van der Waals surface area contributed by atoms with E-state index in [1.165, 1.54) is 5.56 Å². The van der Waals surface area contributed by atoms with E-state index in [0.717, 1.165) is 11.1 Å². The van der Waals surface area contributed by atoms with Crippen LogP contribution < -0.4 is 75.1 Å². The van der Waals surface area contributed by atoms with Crippen LogP contribution in [0.1, 0.15) is 25.3 Å². The Morgan fingerprint density at radius 1 is 1.04 bits per heavy atom. The van der Waals surface area contributed by atoms with Crippen LogP contribution in [0.2, 0.25) is 0 Å². The molecular formula is C18H18N3Na2O3-. The Bertz CT molecular complexity index is 730. The SMILES string of the molecule is CC(C)c1ccc(-c2ccc(O[C-]=C(N=[N-])C(=O)[O-])cc2)cc1.N.[Na+].[Na+]. The van der Waals surface area contributed by atoms with Crippen molar-refractivity contribution in [3.63, 3.8) is 0 Å². The van der Waals surface area contributed by atoms with Crippen LogP contribution in [0.5, 0.6) is 5.75 Å². The molecule has 0 fully saturated rings. The number of nitrogens with zero attached hydrogens (tertiary/aromatic N) is 2. The molecule has 0 aliphatic carbocycles. The maximum absolute atomic E-state index is 10.5. The summed E-state index contributed by atoms with van der Waals surface area (Å²) in [7, 11) is 0. The Hall–Kier alpha value is -0.990. The number of carboxylic acids is 1. The number of benzene rings is 2. The van der Waals surface area contributed by atoms with Crippen molar-refractivity contribution in [3.05, 3.63) is 71.6 Å². The molecule has 6 nitrogen and oxygen atoms in total. The summed E-state index contributed by atoms with van der Waals surface area (Å²) in [6.45, 7) is 4.29. The average Bonchev–Trinajstić information content (AvgIpc) is 2.56. The molecule has 0 atom stereocenters. The monoisotopic (exact) mass is 370 g/mol. The Balaban J connectivity index is 0. The largest absolute Gasteiger partial charge is 1.00 e. The number of hydrogen-bond donors (Lipinski definition) is 1. The molecule has 0 radical (unpaired) electrons. The number of hydrogen-bond acceptors (Lipinski definition) is 5. The summed E-state index contributed by atoms with van der Waals surface area (Å²) < 4.78 is 5.00. The molecule has 2 aromatic rings. The summed E-state index contributed by atoms with van der Waals surface area (Å²) in [6.07, 6.45) is 2.00. The molecule has 0 aromatic heterocycles. The summed E-state index contributed by atoms with van der Waals surface area (Å²) in [5.41, 5.74) is 11.0. The van der Waals surface area contributed by atoms with Gasteiger partial charge in [0.1, 0.15) is 0 Å². The number of carbonyl (C=O) groups is 1. The Kier molecular flexibility index (Phi) is 13.8. The molecule has 2 rings (SSSR count). The predicted octanol–water partition coefficient (Wildman–Crippen LogP) is -2.56. The smallest absolute Gasteiger partial charge is 0.708 e. The summed E-state index contributed by atoms with van der Waals surface area (Å²) in [5.74, 6) is -0.818. The first kappa shape index (κ1) is 27.2. The maximum Gasteiger partial charge on any atom is 1.00 e. The van der Waals surface area contributed by atoms with Gasteiger partial charge in [0.25, 0.3) is 0 Å². The zero-order valence-electron chi connectivity index (χ0n) is 15.5. The molecule has 0 aliphatic rings. The van der Waals surface area contributed by atoms with E-state index in [-0.39, 0.29) is 65.3 Å². The van der Waals surface area contributed by atoms with E-state index in [1.807, 2.05) is 18.4 Å². The van der Waals surface area contributed by atoms with Gasteiger partial charge in [-0.15, -0.1) is 0 Å². The van der Waals surface area contributed by atoms with E-state index in [1.54, 1.807) is 12.1 Å². The molecule has 0 unspecified atom stereocenters. The van der Waals surface area contributed by atoms with Gasteiger partial charge in [0.2, 0.25) is 0 Å². The fourth-order valence-corrected chi connectivity index (χ4v) is 1.99. The molecule has 0 spiro atoms. The first-order valence-electron chi connectivity index (χ1n) is 7.08. The van der Waals surface area contributed by atoms with Crippen LogP contribution in [0.25, 0.3) is 16.7 Å². The van der Waals surface area contributed by atoms with Crippen LogP contribution in [0.3, 0.4) is 0 Å². The second kappa shape index (κ2) is 13.2. The number of ether oxygens (including phenoxy) is 1. The van der Waals surface area contributed by atoms with Crippen LogP contribution in [0.15, 0.2) is 59.3 Å². The van der Waals surface area contributed by atoms with Gasteiger partial charge in [-0.2, -0.15) is 0 Å². The average molecular weight is 370 g/mol. The molecule has 0 bridgehead atoms. The van der Waals surface area contributed by atoms with Crippen molar-refractivity contribution in [2.24, 2.45) is 5.11 Å². The van der Waals surface area contributed by atoms with Gasteiger partial charge in [0, 0.05) is 12.0 Å². The Morgan fingerprint density at radius 3 is 1.88 bits per heavy atom. The minimum Gasteiger partial charge on any atom is -0.708 e. The third-order valence-electron chi connectivity index (χ3n) is 3.32. The topological polar surface area (TPSA) is 119 Å². The normalized spacial score (nSPS) is 10.0. The molecule has 0 amide bonds. The second-order valence-electron chi connectivity index (χ2n) is 5.24. The van der Waals surface area contributed by atoms with Crippen molar-refractivity contribution < 1.29 is 73.8 Å². The van der Waals surface area contributed by atoms with E-state index in [4.69, 9.17) is 10.3 Å². The molecule has 2 aromatic carbocycles. The van der Waals surface area contributed by atoms with Crippen LogP contribution in [0, 0.1) is 6.26 Å². The van der Waals surface area contributed by atoms with E-state index in [9.17, 15) is 9.90 Å². The van der Waals surface area contributed by atoms with E-state index >= 15 is 0 Å². The third kappa shape index (κ3) is 7.72. The van der Waals surface area contributed by atoms with Crippen LogP contribution in [-0.2, 0) is 4.79 Å². The predicted molar refractivity (Wildman–Crippen MR) is 89.2 cm³/mol. The molecule has 0 saturated carbocycles. The van der Waals surface area contributed by atoms with Gasteiger partial charge in [-0.25, -0.2) is 0 Å². The molecular weight excluding hydrogens is 352 g/mol. The maximum atomic E-state index is 10.5.